The van der Waals surface area contributed by atoms with Crippen LogP contribution in [0.15, 0.2) is 12.3 Å². The van der Waals surface area contributed by atoms with Crippen molar-refractivity contribution in [2.24, 2.45) is 0 Å². The zero-order valence-electron chi connectivity index (χ0n) is 12.0. The average molecular weight is 290 g/mol. The molecule has 7 nitrogen and oxygen atoms in total. The van der Waals surface area contributed by atoms with Crippen LogP contribution in [0.3, 0.4) is 0 Å². The highest BCUT2D eigenvalue weighted by atomic mass is 16.2. The van der Waals surface area contributed by atoms with E-state index in [9.17, 15) is 14.4 Å². The number of hydrogen-bond acceptors (Lipinski definition) is 5. The third-order valence-corrected chi connectivity index (χ3v) is 3.56. The van der Waals surface area contributed by atoms with Crippen molar-refractivity contribution in [2.45, 2.75) is 25.4 Å². The molecule has 2 heterocycles. The molecule has 21 heavy (non-hydrogen) atoms. The Morgan fingerprint density at radius 1 is 1.52 bits per heavy atom. The Morgan fingerprint density at radius 2 is 2.29 bits per heavy atom. The second-order valence-corrected chi connectivity index (χ2v) is 4.78. The van der Waals surface area contributed by atoms with Gasteiger partial charge in [-0.3, -0.25) is 9.59 Å². The molecular formula is C14H18N4O3. The van der Waals surface area contributed by atoms with Gasteiger partial charge in [0.2, 0.25) is 5.91 Å². The number of carbonyl (C=O) groups excluding carboxylic acids is 3. The SMILES string of the molecule is CNC(=O)C(CCC=O)N1Cc2cc(NC)ncc2C1=O. The average Bonchev–Trinajstić information content (AvgIpc) is 2.83. The largest absolute Gasteiger partial charge is 0.373 e. The fourth-order valence-electron chi connectivity index (χ4n) is 2.44. The van der Waals surface area contributed by atoms with E-state index in [0.717, 1.165) is 11.8 Å². The van der Waals surface area contributed by atoms with Crippen molar-refractivity contribution in [1.82, 2.24) is 15.2 Å². The minimum absolute atomic E-state index is 0.223. The third-order valence-electron chi connectivity index (χ3n) is 3.56. The highest BCUT2D eigenvalue weighted by molar-refractivity contribution is 6.01. The number of amides is 2. The highest BCUT2D eigenvalue weighted by Gasteiger charge is 2.36. The Labute approximate surface area is 122 Å². The van der Waals surface area contributed by atoms with Gasteiger partial charge in [0.25, 0.3) is 5.91 Å². The van der Waals surface area contributed by atoms with E-state index in [2.05, 4.69) is 15.6 Å². The predicted molar refractivity (Wildman–Crippen MR) is 76.8 cm³/mol. The monoisotopic (exact) mass is 290 g/mol. The number of carbonyl (C=O) groups is 3. The van der Waals surface area contributed by atoms with E-state index in [0.29, 0.717) is 24.3 Å². The van der Waals surface area contributed by atoms with Gasteiger partial charge in [-0.1, -0.05) is 0 Å². The fraction of sp³-hybridized carbons (Fsp3) is 0.429. The van der Waals surface area contributed by atoms with Gasteiger partial charge < -0.3 is 20.3 Å². The molecule has 112 valence electrons. The van der Waals surface area contributed by atoms with Crippen molar-refractivity contribution < 1.29 is 14.4 Å². The van der Waals surface area contributed by atoms with Crippen LogP contribution in [0.1, 0.15) is 28.8 Å². The molecule has 0 fully saturated rings. The van der Waals surface area contributed by atoms with Gasteiger partial charge in [0, 0.05) is 33.3 Å². The molecule has 2 rings (SSSR count). The van der Waals surface area contributed by atoms with Gasteiger partial charge in [-0.2, -0.15) is 0 Å². The molecule has 1 aromatic rings. The van der Waals surface area contributed by atoms with Crippen molar-refractivity contribution in [3.05, 3.63) is 23.4 Å². The van der Waals surface area contributed by atoms with Gasteiger partial charge in [-0.25, -0.2) is 4.98 Å². The first-order chi connectivity index (χ1) is 10.1. The van der Waals surface area contributed by atoms with Crippen LogP contribution in [0.5, 0.6) is 0 Å². The second-order valence-electron chi connectivity index (χ2n) is 4.78. The highest BCUT2D eigenvalue weighted by Crippen LogP contribution is 2.27. The Morgan fingerprint density at radius 3 is 2.90 bits per heavy atom. The molecule has 7 heteroatoms. The number of pyridine rings is 1. The van der Waals surface area contributed by atoms with Crippen molar-refractivity contribution in [3.8, 4) is 0 Å². The Kier molecular flexibility index (Phi) is 4.52. The van der Waals surface area contributed by atoms with E-state index in [1.54, 1.807) is 13.1 Å². The number of fused-ring (bicyclic) bond motifs is 1. The Hall–Kier alpha value is -2.44. The summed E-state index contributed by atoms with van der Waals surface area (Å²) in [6.45, 7) is 0.350. The standard InChI is InChI=1S/C14H18N4O3/c1-15-12-6-9-8-18(14(21)10(9)7-17-12)11(4-3-5-19)13(20)16-2/h5-7,11H,3-4,8H2,1-2H3,(H,15,17)(H,16,20). The molecule has 1 aromatic heterocycles. The first-order valence-electron chi connectivity index (χ1n) is 6.75. The van der Waals surface area contributed by atoms with Gasteiger partial charge >= 0.3 is 0 Å². The van der Waals surface area contributed by atoms with Crippen molar-refractivity contribution >= 4 is 23.9 Å². The summed E-state index contributed by atoms with van der Waals surface area (Å²) >= 11 is 0. The predicted octanol–water partition coefficient (Wildman–Crippen LogP) is 0.173. The molecule has 0 aromatic carbocycles. The third kappa shape index (κ3) is 2.86. The number of nitrogens with zero attached hydrogens (tertiary/aromatic N) is 2. The van der Waals surface area contributed by atoms with Crippen LogP contribution in [-0.2, 0) is 16.1 Å². The summed E-state index contributed by atoms with van der Waals surface area (Å²) in [5, 5.41) is 5.46. The van der Waals surface area contributed by atoms with E-state index >= 15 is 0 Å². The van der Waals surface area contributed by atoms with Crippen LogP contribution in [-0.4, -0.2) is 48.1 Å². The Bertz CT molecular complexity index is 573. The molecule has 0 bridgehead atoms. The normalized spacial score (nSPS) is 14.6. The van der Waals surface area contributed by atoms with E-state index in [4.69, 9.17) is 0 Å². The summed E-state index contributed by atoms with van der Waals surface area (Å²) < 4.78 is 0. The van der Waals surface area contributed by atoms with Crippen LogP contribution < -0.4 is 10.6 Å². The quantitative estimate of drug-likeness (QED) is 0.729. The summed E-state index contributed by atoms with van der Waals surface area (Å²) in [5.41, 5.74) is 1.34. The van der Waals surface area contributed by atoms with Gasteiger partial charge in [0.15, 0.2) is 0 Å². The molecule has 0 radical (unpaired) electrons. The summed E-state index contributed by atoms with van der Waals surface area (Å²) in [6.07, 6.45) is 2.82. The molecule has 0 spiro atoms. The lowest BCUT2D eigenvalue weighted by Crippen LogP contribution is -2.46. The van der Waals surface area contributed by atoms with Gasteiger partial charge in [-0.05, 0) is 18.1 Å². The first kappa shape index (κ1) is 15.0. The number of aromatic nitrogens is 1. The maximum atomic E-state index is 12.4. The Balaban J connectivity index is 2.26. The van der Waals surface area contributed by atoms with E-state index in [1.165, 1.54) is 18.1 Å². The van der Waals surface area contributed by atoms with Crippen molar-refractivity contribution in [3.63, 3.8) is 0 Å². The molecule has 1 aliphatic rings. The molecular weight excluding hydrogens is 272 g/mol. The fourth-order valence-corrected chi connectivity index (χ4v) is 2.44. The lowest BCUT2D eigenvalue weighted by atomic mass is 10.1. The minimum Gasteiger partial charge on any atom is -0.373 e. The number of nitrogens with one attached hydrogen (secondary N) is 2. The molecule has 0 saturated heterocycles. The molecule has 0 aliphatic carbocycles. The number of anilines is 1. The van der Waals surface area contributed by atoms with Gasteiger partial charge in [0.1, 0.15) is 18.1 Å². The molecule has 1 aliphatic heterocycles. The van der Waals surface area contributed by atoms with Crippen LogP contribution >= 0.6 is 0 Å². The zero-order valence-corrected chi connectivity index (χ0v) is 12.0. The maximum Gasteiger partial charge on any atom is 0.256 e. The van der Waals surface area contributed by atoms with Crippen LogP contribution in [0.2, 0.25) is 0 Å². The number of hydrogen-bond donors (Lipinski definition) is 2. The lowest BCUT2D eigenvalue weighted by Gasteiger charge is -2.25. The molecule has 0 saturated carbocycles. The number of aldehydes is 1. The van der Waals surface area contributed by atoms with E-state index in [1.807, 2.05) is 0 Å². The minimum atomic E-state index is -0.641. The van der Waals surface area contributed by atoms with E-state index < -0.39 is 6.04 Å². The number of likely N-dealkylation sites (N-methyl/N-ethyl adjacent to an activating group) is 1. The summed E-state index contributed by atoms with van der Waals surface area (Å²) in [4.78, 5) is 40.6. The smallest absolute Gasteiger partial charge is 0.256 e. The summed E-state index contributed by atoms with van der Waals surface area (Å²) in [6, 6.07) is 1.16. The van der Waals surface area contributed by atoms with Crippen molar-refractivity contribution in [1.29, 1.82) is 0 Å². The van der Waals surface area contributed by atoms with Crippen LogP contribution in [0.25, 0.3) is 0 Å². The molecule has 2 N–H and O–H groups in total. The molecule has 2 amide bonds. The molecule has 1 unspecified atom stereocenters. The first-order valence-corrected chi connectivity index (χ1v) is 6.75. The maximum absolute atomic E-state index is 12.4. The lowest BCUT2D eigenvalue weighted by molar-refractivity contribution is -0.125. The van der Waals surface area contributed by atoms with Gasteiger partial charge in [0.05, 0.1) is 5.56 Å². The van der Waals surface area contributed by atoms with Gasteiger partial charge in [-0.15, -0.1) is 0 Å². The summed E-state index contributed by atoms with van der Waals surface area (Å²) in [7, 11) is 3.27. The topological polar surface area (TPSA) is 91.4 Å². The number of rotatable bonds is 6. The van der Waals surface area contributed by atoms with Crippen LogP contribution in [0.4, 0.5) is 5.82 Å². The second kappa shape index (κ2) is 6.34. The molecule has 1 atom stereocenters. The zero-order chi connectivity index (χ0) is 15.4. The summed E-state index contributed by atoms with van der Waals surface area (Å²) in [5.74, 6) is 0.187. The van der Waals surface area contributed by atoms with Crippen LogP contribution in [0, 0.1) is 0 Å². The van der Waals surface area contributed by atoms with Crippen molar-refractivity contribution in [2.75, 3.05) is 19.4 Å². The van der Waals surface area contributed by atoms with E-state index in [-0.39, 0.29) is 18.2 Å².